The molecule has 0 aromatic heterocycles. The van der Waals surface area contributed by atoms with Gasteiger partial charge in [-0.1, -0.05) is 39.7 Å². The zero-order valence-corrected chi connectivity index (χ0v) is 13.8. The number of aryl methyl sites for hydroxylation is 1. The molecule has 1 unspecified atom stereocenters. The van der Waals surface area contributed by atoms with Crippen molar-refractivity contribution in [3.63, 3.8) is 0 Å². The standard InChI is InChI=1S/C16H17BrClNO/c1-10-3-4-11(15(18)7-10)8-16(19)13-9-12(20-2)5-6-14(13)17/h3-7,9,16H,8,19H2,1-2H3. The largest absolute Gasteiger partial charge is 0.497 e. The van der Waals surface area contributed by atoms with Crippen LogP contribution in [-0.4, -0.2) is 7.11 Å². The second-order valence-electron chi connectivity index (χ2n) is 4.79. The van der Waals surface area contributed by atoms with E-state index < -0.39 is 0 Å². The molecule has 1 atom stereocenters. The van der Waals surface area contributed by atoms with Crippen molar-refractivity contribution in [2.24, 2.45) is 5.73 Å². The monoisotopic (exact) mass is 353 g/mol. The summed E-state index contributed by atoms with van der Waals surface area (Å²) in [7, 11) is 1.65. The molecule has 0 fully saturated rings. The molecule has 20 heavy (non-hydrogen) atoms. The van der Waals surface area contributed by atoms with Gasteiger partial charge in [0.1, 0.15) is 5.75 Å². The number of hydrogen-bond donors (Lipinski definition) is 1. The van der Waals surface area contributed by atoms with E-state index in [1.54, 1.807) is 7.11 Å². The highest BCUT2D eigenvalue weighted by Crippen LogP contribution is 2.30. The highest BCUT2D eigenvalue weighted by atomic mass is 79.9. The first-order valence-electron chi connectivity index (χ1n) is 6.35. The zero-order valence-electron chi connectivity index (χ0n) is 11.5. The minimum atomic E-state index is -0.139. The second-order valence-corrected chi connectivity index (χ2v) is 6.05. The van der Waals surface area contributed by atoms with Crippen LogP contribution in [0.4, 0.5) is 0 Å². The van der Waals surface area contributed by atoms with Gasteiger partial charge in [0, 0.05) is 15.5 Å². The fraction of sp³-hybridized carbons (Fsp3) is 0.250. The lowest BCUT2D eigenvalue weighted by atomic mass is 9.99. The normalized spacial score (nSPS) is 12.2. The van der Waals surface area contributed by atoms with E-state index in [2.05, 4.69) is 22.0 Å². The molecule has 2 nitrogen and oxygen atoms in total. The molecule has 106 valence electrons. The Balaban J connectivity index is 2.25. The maximum absolute atomic E-state index is 6.31. The third-order valence-electron chi connectivity index (χ3n) is 3.25. The topological polar surface area (TPSA) is 35.2 Å². The van der Waals surface area contributed by atoms with Crippen molar-refractivity contribution in [2.75, 3.05) is 7.11 Å². The molecule has 2 N–H and O–H groups in total. The number of rotatable bonds is 4. The van der Waals surface area contributed by atoms with E-state index in [-0.39, 0.29) is 6.04 Å². The van der Waals surface area contributed by atoms with E-state index in [1.165, 1.54) is 0 Å². The minimum absolute atomic E-state index is 0.139. The van der Waals surface area contributed by atoms with Crippen molar-refractivity contribution in [1.29, 1.82) is 0 Å². The molecule has 0 bridgehead atoms. The smallest absolute Gasteiger partial charge is 0.119 e. The molecule has 4 heteroatoms. The molecular weight excluding hydrogens is 338 g/mol. The lowest BCUT2D eigenvalue weighted by Gasteiger charge is -2.16. The van der Waals surface area contributed by atoms with Gasteiger partial charge in [0.05, 0.1) is 7.11 Å². The Morgan fingerprint density at radius 3 is 2.65 bits per heavy atom. The van der Waals surface area contributed by atoms with Gasteiger partial charge in [0.15, 0.2) is 0 Å². The number of benzene rings is 2. The molecule has 0 saturated heterocycles. The molecule has 2 aromatic rings. The first-order chi connectivity index (χ1) is 9.51. The van der Waals surface area contributed by atoms with Crippen molar-refractivity contribution >= 4 is 27.5 Å². The van der Waals surface area contributed by atoms with Gasteiger partial charge < -0.3 is 10.5 Å². The number of halogens is 2. The SMILES string of the molecule is COc1ccc(Br)c(C(N)Cc2ccc(C)cc2Cl)c1. The van der Waals surface area contributed by atoms with E-state index in [0.717, 1.165) is 31.9 Å². The van der Waals surface area contributed by atoms with Gasteiger partial charge in [-0.15, -0.1) is 0 Å². The third kappa shape index (κ3) is 3.54. The van der Waals surface area contributed by atoms with Crippen molar-refractivity contribution < 1.29 is 4.74 Å². The first kappa shape index (κ1) is 15.4. The predicted octanol–water partition coefficient (Wildman–Crippen LogP) is 4.66. The van der Waals surface area contributed by atoms with Crippen LogP contribution in [0.2, 0.25) is 5.02 Å². The van der Waals surface area contributed by atoms with Crippen LogP contribution in [0, 0.1) is 6.92 Å². The number of methoxy groups -OCH3 is 1. The highest BCUT2D eigenvalue weighted by Gasteiger charge is 2.13. The summed E-state index contributed by atoms with van der Waals surface area (Å²) in [6.07, 6.45) is 0.685. The highest BCUT2D eigenvalue weighted by molar-refractivity contribution is 9.10. The molecule has 0 aliphatic carbocycles. The van der Waals surface area contributed by atoms with Crippen molar-refractivity contribution in [2.45, 2.75) is 19.4 Å². The van der Waals surface area contributed by atoms with Crippen LogP contribution in [0.5, 0.6) is 5.75 Å². The second kappa shape index (κ2) is 6.61. The maximum Gasteiger partial charge on any atom is 0.119 e. The molecular formula is C16H17BrClNO. The van der Waals surface area contributed by atoms with Crippen LogP contribution in [0.15, 0.2) is 40.9 Å². The summed E-state index contributed by atoms with van der Waals surface area (Å²) in [4.78, 5) is 0. The summed E-state index contributed by atoms with van der Waals surface area (Å²) >= 11 is 9.80. The Bertz CT molecular complexity index is 615. The van der Waals surface area contributed by atoms with E-state index >= 15 is 0 Å². The number of hydrogen-bond acceptors (Lipinski definition) is 2. The van der Waals surface area contributed by atoms with Crippen LogP contribution in [0.1, 0.15) is 22.7 Å². The molecule has 0 amide bonds. The average molecular weight is 355 g/mol. The Labute approximate surface area is 133 Å². The molecule has 2 rings (SSSR count). The lowest BCUT2D eigenvalue weighted by molar-refractivity contribution is 0.413. The van der Waals surface area contributed by atoms with Crippen molar-refractivity contribution in [1.82, 2.24) is 0 Å². The predicted molar refractivity (Wildman–Crippen MR) is 87.5 cm³/mol. The molecule has 0 aliphatic rings. The molecule has 0 aliphatic heterocycles. The summed E-state index contributed by atoms with van der Waals surface area (Å²) in [5.41, 5.74) is 9.53. The van der Waals surface area contributed by atoms with Gasteiger partial charge in [-0.3, -0.25) is 0 Å². The van der Waals surface area contributed by atoms with E-state index in [0.29, 0.717) is 6.42 Å². The van der Waals surface area contributed by atoms with E-state index in [4.69, 9.17) is 22.1 Å². The number of nitrogens with two attached hydrogens (primary N) is 1. The van der Waals surface area contributed by atoms with E-state index in [1.807, 2.05) is 37.3 Å². The van der Waals surface area contributed by atoms with Crippen molar-refractivity contribution in [3.05, 3.63) is 62.6 Å². The molecule has 0 heterocycles. The van der Waals surface area contributed by atoms with Crippen LogP contribution in [0.25, 0.3) is 0 Å². The summed E-state index contributed by atoms with van der Waals surface area (Å²) in [6, 6.07) is 11.7. The van der Waals surface area contributed by atoms with Crippen LogP contribution in [-0.2, 0) is 6.42 Å². The van der Waals surface area contributed by atoms with E-state index in [9.17, 15) is 0 Å². The Morgan fingerprint density at radius 1 is 1.25 bits per heavy atom. The van der Waals surface area contributed by atoms with Gasteiger partial charge in [-0.05, 0) is 54.3 Å². The molecule has 0 spiro atoms. The maximum atomic E-state index is 6.31. The molecule has 0 radical (unpaired) electrons. The van der Waals surface area contributed by atoms with Gasteiger partial charge in [-0.2, -0.15) is 0 Å². The van der Waals surface area contributed by atoms with Crippen LogP contribution < -0.4 is 10.5 Å². The van der Waals surface area contributed by atoms with Gasteiger partial charge in [0.2, 0.25) is 0 Å². The Kier molecular flexibility index (Phi) is 5.08. The van der Waals surface area contributed by atoms with Gasteiger partial charge in [-0.25, -0.2) is 0 Å². The lowest BCUT2D eigenvalue weighted by Crippen LogP contribution is -2.14. The fourth-order valence-corrected chi connectivity index (χ4v) is 2.95. The first-order valence-corrected chi connectivity index (χ1v) is 7.52. The quantitative estimate of drug-likeness (QED) is 0.866. The third-order valence-corrected chi connectivity index (χ3v) is 4.33. The molecule has 2 aromatic carbocycles. The van der Waals surface area contributed by atoms with Crippen LogP contribution >= 0.6 is 27.5 Å². The fourth-order valence-electron chi connectivity index (χ4n) is 2.10. The van der Waals surface area contributed by atoms with Gasteiger partial charge in [0.25, 0.3) is 0 Å². The summed E-state index contributed by atoms with van der Waals surface area (Å²) in [5.74, 6) is 0.800. The molecule has 0 saturated carbocycles. The number of ether oxygens (including phenoxy) is 1. The summed E-state index contributed by atoms with van der Waals surface area (Å²) < 4.78 is 6.23. The average Bonchev–Trinajstić information content (AvgIpc) is 2.42. The van der Waals surface area contributed by atoms with Gasteiger partial charge >= 0.3 is 0 Å². The summed E-state index contributed by atoms with van der Waals surface area (Å²) in [5, 5.41) is 0.763. The van der Waals surface area contributed by atoms with Crippen LogP contribution in [0.3, 0.4) is 0 Å². The Hall–Kier alpha value is -1.03. The zero-order chi connectivity index (χ0) is 14.7. The Morgan fingerprint density at radius 2 is 2.00 bits per heavy atom. The minimum Gasteiger partial charge on any atom is -0.497 e. The summed E-state index contributed by atoms with van der Waals surface area (Å²) in [6.45, 7) is 2.02. The van der Waals surface area contributed by atoms with Crippen molar-refractivity contribution in [3.8, 4) is 5.75 Å².